The number of primary amides is 2. The first-order valence-corrected chi connectivity index (χ1v) is 22.9. The zero-order valence-corrected chi connectivity index (χ0v) is 37.9. The number of benzene rings is 1. The average molecular weight is 940 g/mol. The first-order chi connectivity index (χ1) is 30.0. The fourth-order valence-electron chi connectivity index (χ4n) is 5.94. The highest BCUT2D eigenvalue weighted by atomic mass is 33.1. The molecule has 16 N–H and O–H groups in total. The Morgan fingerprint density at radius 1 is 0.750 bits per heavy atom. The summed E-state index contributed by atoms with van der Waals surface area (Å²) in [6.07, 6.45) is -2.01. The maximum Gasteiger partial charge on any atom is 0.245 e. The number of aliphatic hydroxyl groups is 1. The molecule has 0 aromatic heterocycles. The molecule has 64 heavy (non-hydrogen) atoms. The van der Waals surface area contributed by atoms with E-state index in [1.54, 1.807) is 27.7 Å². The van der Waals surface area contributed by atoms with E-state index in [0.29, 0.717) is 12.0 Å². The number of hydrogen-bond donors (Lipinski definition) is 13. The van der Waals surface area contributed by atoms with Gasteiger partial charge in [-0.15, -0.1) is 0 Å². The quantitative estimate of drug-likeness (QED) is 0.0697. The summed E-state index contributed by atoms with van der Waals surface area (Å²) < 4.78 is 0. The number of carbonyl (C=O) groups excluding carboxylic acids is 10. The van der Waals surface area contributed by atoms with Crippen LogP contribution in [0.2, 0.25) is 0 Å². The van der Waals surface area contributed by atoms with Crippen LogP contribution in [0.1, 0.15) is 59.4 Å². The smallest absolute Gasteiger partial charge is 0.245 e. The number of nitrogens with one attached hydrogen (secondary N) is 8. The molecule has 1 aliphatic heterocycles. The second kappa shape index (κ2) is 26.8. The summed E-state index contributed by atoms with van der Waals surface area (Å²) in [6.45, 7) is 6.94. The molecule has 2 rings (SSSR count). The number of aromatic hydroxyl groups is 1. The Morgan fingerprint density at radius 2 is 1.33 bits per heavy atom. The lowest BCUT2D eigenvalue weighted by molar-refractivity contribution is -0.138. The third kappa shape index (κ3) is 19.0. The van der Waals surface area contributed by atoms with E-state index in [0.717, 1.165) is 21.6 Å². The van der Waals surface area contributed by atoms with Crippen molar-refractivity contribution in [2.24, 2.45) is 29.0 Å². The van der Waals surface area contributed by atoms with Crippen molar-refractivity contribution in [2.75, 3.05) is 24.6 Å². The summed E-state index contributed by atoms with van der Waals surface area (Å²) in [7, 11) is 1.97. The Morgan fingerprint density at radius 3 is 1.91 bits per heavy atom. The summed E-state index contributed by atoms with van der Waals surface area (Å²) in [6, 6.07) is -4.16. The van der Waals surface area contributed by atoms with Gasteiger partial charge in [0.2, 0.25) is 59.1 Å². The van der Waals surface area contributed by atoms with Gasteiger partial charge >= 0.3 is 0 Å². The van der Waals surface area contributed by atoms with Crippen LogP contribution >= 0.6 is 21.6 Å². The Bertz CT molecular complexity index is 1840. The lowest BCUT2D eigenvalue weighted by Crippen LogP contribution is -2.63. The molecule has 9 atom stereocenters. The van der Waals surface area contributed by atoms with Crippen LogP contribution in [0.15, 0.2) is 24.3 Å². The lowest BCUT2D eigenvalue weighted by Gasteiger charge is -2.30. The summed E-state index contributed by atoms with van der Waals surface area (Å²) >= 11 is 0. The van der Waals surface area contributed by atoms with E-state index >= 15 is 0 Å². The van der Waals surface area contributed by atoms with Gasteiger partial charge in [-0.3, -0.25) is 47.9 Å². The molecular formula is C39H61N11O12S2. The van der Waals surface area contributed by atoms with Crippen LogP contribution < -0.4 is 59.7 Å². The topological polar surface area (TPSA) is 385 Å². The van der Waals surface area contributed by atoms with Gasteiger partial charge in [0.15, 0.2) is 0 Å². The van der Waals surface area contributed by atoms with E-state index in [1.807, 2.05) is 0 Å². The molecule has 356 valence electrons. The number of nitrogens with two attached hydrogens (primary N) is 3. The molecule has 1 aromatic rings. The molecule has 1 aliphatic rings. The van der Waals surface area contributed by atoms with Crippen LogP contribution in [0.4, 0.5) is 0 Å². The number of hydrogen-bond acceptors (Lipinski definition) is 15. The van der Waals surface area contributed by atoms with Crippen molar-refractivity contribution < 1.29 is 58.2 Å². The fraction of sp³-hybridized carbons (Fsp3) is 0.590. The van der Waals surface area contributed by atoms with Crippen LogP contribution in [0.3, 0.4) is 0 Å². The Kier molecular flexibility index (Phi) is 22.8. The van der Waals surface area contributed by atoms with Gasteiger partial charge in [0, 0.05) is 17.9 Å². The van der Waals surface area contributed by atoms with Gasteiger partial charge in [0.1, 0.15) is 42.0 Å². The predicted octanol–water partition coefficient (Wildman–Crippen LogP) is -4.37. The molecule has 1 fully saturated rings. The Hall–Kier alpha value is -5.66. The third-order valence-corrected chi connectivity index (χ3v) is 12.1. The van der Waals surface area contributed by atoms with E-state index in [-0.39, 0.29) is 36.0 Å². The standard InChI is InChI=1S/C39H61N11O12S2/c1-6-19(4)31-38(61)50-32(20(5)51)39(62)47-26(13-28(41)53)36(59)48-27(35(58)44-15-30(55)45-24(11-18(2)3)34(57)43-14-29(42)54)17-64-63-16-23(40)33(56)46-25(37(60)49-31)12-21-7-9-22(52)10-8-21/h7-10,18-20,23-27,31-32,51-52H,6,11-17,40H2,1-5H3,(H2,41,53)(H2,42,54)(H,43,57)(H,44,58)(H,45,55)(H,46,56)(H,47,62)(H,48,59)(H,49,60)(H,50,61)/t19-,20+,23-,24-,25-,26-,27-,31-,32-/m0/s1. The molecule has 25 heteroatoms. The van der Waals surface area contributed by atoms with Crippen LogP contribution in [0.25, 0.3) is 0 Å². The minimum absolute atomic E-state index is 0.0446. The molecule has 0 bridgehead atoms. The molecule has 1 aromatic carbocycles. The molecule has 1 saturated heterocycles. The SMILES string of the molecule is CC[C@H](C)[C@@H]1NC(=O)[C@H](Cc2ccc(O)cc2)NC(=O)[C@@H](N)CSSC[C@@H](C(=O)NCC(=O)N[C@@H](CC(C)C)C(=O)NCC(N)=O)NC(=O)[C@H](CC(N)=O)NC(=O)[C@H]([C@@H](C)O)NC1=O. The average Bonchev–Trinajstić information content (AvgIpc) is 3.22. The van der Waals surface area contributed by atoms with Gasteiger partial charge < -0.3 is 69.9 Å². The molecule has 10 amide bonds. The summed E-state index contributed by atoms with van der Waals surface area (Å²) in [5.74, 6) is -10.1. The molecule has 0 aliphatic carbocycles. The second-order valence-corrected chi connectivity index (χ2v) is 18.2. The third-order valence-electron chi connectivity index (χ3n) is 9.66. The zero-order chi connectivity index (χ0) is 48.3. The fourth-order valence-corrected chi connectivity index (χ4v) is 8.22. The summed E-state index contributed by atoms with van der Waals surface area (Å²) in [4.78, 5) is 131. The minimum atomic E-state index is -1.77. The van der Waals surface area contributed by atoms with Crippen molar-refractivity contribution in [3.63, 3.8) is 0 Å². The van der Waals surface area contributed by atoms with E-state index in [2.05, 4.69) is 42.5 Å². The van der Waals surface area contributed by atoms with Gasteiger partial charge in [-0.05, 0) is 42.9 Å². The van der Waals surface area contributed by atoms with E-state index in [4.69, 9.17) is 17.2 Å². The highest BCUT2D eigenvalue weighted by molar-refractivity contribution is 8.76. The normalized spacial score (nSPS) is 23.3. The molecule has 0 saturated carbocycles. The first-order valence-electron chi connectivity index (χ1n) is 20.4. The van der Waals surface area contributed by atoms with Gasteiger partial charge in [-0.1, -0.05) is 67.8 Å². The lowest BCUT2D eigenvalue weighted by atomic mass is 9.96. The number of phenols is 1. The highest BCUT2D eigenvalue weighted by Crippen LogP contribution is 2.23. The van der Waals surface area contributed by atoms with Gasteiger partial charge in [-0.25, -0.2) is 0 Å². The predicted molar refractivity (Wildman–Crippen MR) is 236 cm³/mol. The molecule has 1 heterocycles. The van der Waals surface area contributed by atoms with Gasteiger partial charge in [0.05, 0.1) is 31.7 Å². The van der Waals surface area contributed by atoms with E-state index in [9.17, 15) is 58.2 Å². The first kappa shape index (κ1) is 54.5. The molecule has 0 spiro atoms. The molecule has 0 unspecified atom stereocenters. The molecule has 23 nitrogen and oxygen atoms in total. The largest absolute Gasteiger partial charge is 0.508 e. The van der Waals surface area contributed by atoms with Crippen LogP contribution in [-0.4, -0.2) is 142 Å². The second-order valence-electron chi connectivity index (χ2n) is 15.7. The van der Waals surface area contributed by atoms with Gasteiger partial charge in [-0.2, -0.15) is 0 Å². The molecular weight excluding hydrogens is 879 g/mol. The van der Waals surface area contributed by atoms with Crippen molar-refractivity contribution in [1.29, 1.82) is 0 Å². The van der Waals surface area contributed by atoms with E-state index in [1.165, 1.54) is 31.2 Å². The summed E-state index contributed by atoms with van der Waals surface area (Å²) in [5.41, 5.74) is 17.3. The number of amides is 10. The zero-order valence-electron chi connectivity index (χ0n) is 36.3. The number of aliphatic hydroxyl groups excluding tert-OH is 1. The number of carbonyl (C=O) groups is 10. The van der Waals surface area contributed by atoms with Crippen molar-refractivity contribution in [3.05, 3.63) is 29.8 Å². The van der Waals surface area contributed by atoms with Crippen LogP contribution in [-0.2, 0) is 54.4 Å². The van der Waals surface area contributed by atoms with Crippen molar-refractivity contribution in [1.82, 2.24) is 42.5 Å². The Labute approximate surface area is 378 Å². The maximum atomic E-state index is 13.9. The highest BCUT2D eigenvalue weighted by Gasteiger charge is 2.37. The van der Waals surface area contributed by atoms with Crippen molar-refractivity contribution in [2.45, 2.75) is 109 Å². The summed E-state index contributed by atoms with van der Waals surface area (Å²) in [5, 5.41) is 40.0. The minimum Gasteiger partial charge on any atom is -0.508 e. The van der Waals surface area contributed by atoms with Crippen LogP contribution in [0, 0.1) is 11.8 Å². The number of rotatable bonds is 16. The Balaban J connectivity index is 2.50. The van der Waals surface area contributed by atoms with Crippen molar-refractivity contribution in [3.8, 4) is 5.75 Å². The van der Waals surface area contributed by atoms with E-state index < -0.39 is 133 Å². The maximum absolute atomic E-state index is 13.9. The van der Waals surface area contributed by atoms with Crippen molar-refractivity contribution >= 4 is 80.7 Å². The monoisotopic (exact) mass is 939 g/mol. The number of phenolic OH excluding ortho intramolecular Hbond substituents is 1. The van der Waals surface area contributed by atoms with Crippen LogP contribution in [0.5, 0.6) is 5.75 Å². The molecule has 0 radical (unpaired) electrons. The van der Waals surface area contributed by atoms with Gasteiger partial charge in [0.25, 0.3) is 0 Å².